The molecule has 0 saturated heterocycles. The van der Waals surface area contributed by atoms with E-state index >= 15 is 0 Å². The SMILES string of the molecule is COc1ccc(-c2nc(C)c(C(=O)OCC(=O)NC(=O)NCc3ccco3)s2)cc1OC. The molecule has 0 radical (unpaired) electrons. The molecule has 2 N–H and O–H groups in total. The maximum atomic E-state index is 12.4. The van der Waals surface area contributed by atoms with Crippen LogP contribution in [0.4, 0.5) is 4.79 Å². The molecule has 0 aliphatic carbocycles. The summed E-state index contributed by atoms with van der Waals surface area (Å²) in [4.78, 5) is 40.7. The molecule has 0 fully saturated rings. The highest BCUT2D eigenvalue weighted by atomic mass is 32.1. The van der Waals surface area contributed by atoms with Crippen molar-refractivity contribution in [1.82, 2.24) is 15.6 Å². The average Bonchev–Trinajstić information content (AvgIpc) is 3.45. The van der Waals surface area contributed by atoms with E-state index in [4.69, 9.17) is 18.6 Å². The number of hydrogen-bond acceptors (Lipinski definition) is 9. The van der Waals surface area contributed by atoms with Gasteiger partial charge in [-0.2, -0.15) is 0 Å². The maximum Gasteiger partial charge on any atom is 0.350 e. The number of aromatic nitrogens is 1. The van der Waals surface area contributed by atoms with Gasteiger partial charge >= 0.3 is 12.0 Å². The zero-order valence-electron chi connectivity index (χ0n) is 17.6. The van der Waals surface area contributed by atoms with Crippen LogP contribution >= 0.6 is 11.3 Å². The Morgan fingerprint density at radius 1 is 1.12 bits per heavy atom. The number of amides is 3. The molecule has 2 heterocycles. The second kappa shape index (κ2) is 10.4. The standard InChI is InChI=1S/C21H21N3O7S/c1-12-18(32-19(23-12)13-6-7-15(28-2)16(9-13)29-3)20(26)31-11-17(25)24-21(27)22-10-14-5-4-8-30-14/h4-9H,10-11H2,1-3H3,(H2,22,24,25,27). The molecule has 3 rings (SSSR count). The molecule has 10 nitrogen and oxygen atoms in total. The lowest BCUT2D eigenvalue weighted by Crippen LogP contribution is -2.41. The van der Waals surface area contributed by atoms with Crippen LogP contribution in [-0.2, 0) is 16.1 Å². The molecule has 3 amide bonds. The zero-order valence-corrected chi connectivity index (χ0v) is 18.4. The van der Waals surface area contributed by atoms with Gasteiger partial charge in [-0.3, -0.25) is 10.1 Å². The Morgan fingerprint density at radius 2 is 1.91 bits per heavy atom. The first-order chi connectivity index (χ1) is 15.4. The Balaban J connectivity index is 1.56. The monoisotopic (exact) mass is 459 g/mol. The van der Waals surface area contributed by atoms with Gasteiger partial charge in [-0.25, -0.2) is 14.6 Å². The fraction of sp³-hybridized carbons (Fsp3) is 0.238. The van der Waals surface area contributed by atoms with Gasteiger partial charge in [-0.15, -0.1) is 11.3 Å². The van der Waals surface area contributed by atoms with Crippen LogP contribution in [-0.4, -0.2) is 43.7 Å². The van der Waals surface area contributed by atoms with Crippen molar-refractivity contribution in [3.8, 4) is 22.1 Å². The number of imide groups is 1. The summed E-state index contributed by atoms with van der Waals surface area (Å²) in [5.74, 6) is 0.160. The number of carbonyl (C=O) groups excluding carboxylic acids is 3. The molecule has 32 heavy (non-hydrogen) atoms. The van der Waals surface area contributed by atoms with E-state index in [1.54, 1.807) is 37.3 Å². The minimum Gasteiger partial charge on any atom is -0.493 e. The molecule has 0 spiro atoms. The Bertz CT molecular complexity index is 1110. The number of nitrogens with zero attached hydrogens (tertiary/aromatic N) is 1. The summed E-state index contributed by atoms with van der Waals surface area (Å²) in [6.07, 6.45) is 1.47. The maximum absolute atomic E-state index is 12.4. The molecule has 0 aliphatic heterocycles. The molecular weight excluding hydrogens is 438 g/mol. The Hall–Kier alpha value is -3.86. The predicted octanol–water partition coefficient (Wildman–Crippen LogP) is 2.91. The predicted molar refractivity (Wildman–Crippen MR) is 115 cm³/mol. The van der Waals surface area contributed by atoms with Crippen LogP contribution in [0.15, 0.2) is 41.0 Å². The van der Waals surface area contributed by atoms with Crippen LogP contribution in [0.5, 0.6) is 11.5 Å². The lowest BCUT2D eigenvalue weighted by atomic mass is 10.2. The topological polar surface area (TPSA) is 129 Å². The van der Waals surface area contributed by atoms with Crippen LogP contribution in [0.1, 0.15) is 21.1 Å². The van der Waals surface area contributed by atoms with Crippen molar-refractivity contribution in [2.24, 2.45) is 0 Å². The van der Waals surface area contributed by atoms with Crippen molar-refractivity contribution in [3.63, 3.8) is 0 Å². The highest BCUT2D eigenvalue weighted by Gasteiger charge is 2.20. The first kappa shape index (κ1) is 22.8. The van der Waals surface area contributed by atoms with E-state index in [-0.39, 0.29) is 11.4 Å². The normalized spacial score (nSPS) is 10.3. The smallest absolute Gasteiger partial charge is 0.350 e. The zero-order chi connectivity index (χ0) is 23.1. The van der Waals surface area contributed by atoms with Crippen molar-refractivity contribution in [1.29, 1.82) is 0 Å². The first-order valence-electron chi connectivity index (χ1n) is 9.38. The lowest BCUT2D eigenvalue weighted by Gasteiger charge is -2.08. The molecular formula is C21H21N3O7S. The Morgan fingerprint density at radius 3 is 2.59 bits per heavy atom. The van der Waals surface area contributed by atoms with Gasteiger partial charge < -0.3 is 23.9 Å². The summed E-state index contributed by atoms with van der Waals surface area (Å²) < 4.78 is 20.6. The number of aryl methyl sites for hydroxylation is 1. The second-order valence-corrected chi connectivity index (χ2v) is 7.39. The van der Waals surface area contributed by atoms with Crippen molar-refractivity contribution in [2.75, 3.05) is 20.8 Å². The van der Waals surface area contributed by atoms with Crippen molar-refractivity contribution in [3.05, 3.63) is 52.9 Å². The van der Waals surface area contributed by atoms with E-state index in [0.29, 0.717) is 28.0 Å². The van der Waals surface area contributed by atoms with Gasteiger partial charge in [0.25, 0.3) is 5.91 Å². The fourth-order valence-corrected chi connectivity index (χ4v) is 3.62. The third kappa shape index (κ3) is 5.64. The molecule has 0 atom stereocenters. The number of thiazole rings is 1. The van der Waals surface area contributed by atoms with Gasteiger partial charge in [0, 0.05) is 5.56 Å². The highest BCUT2D eigenvalue weighted by Crippen LogP contribution is 2.35. The summed E-state index contributed by atoms with van der Waals surface area (Å²) in [6.45, 7) is 1.17. The molecule has 11 heteroatoms. The van der Waals surface area contributed by atoms with Crippen LogP contribution < -0.4 is 20.1 Å². The summed E-state index contributed by atoms with van der Waals surface area (Å²) in [6, 6.07) is 7.91. The molecule has 0 saturated carbocycles. The number of esters is 1. The number of ether oxygens (including phenoxy) is 3. The van der Waals surface area contributed by atoms with Crippen molar-refractivity contribution >= 4 is 29.2 Å². The summed E-state index contributed by atoms with van der Waals surface area (Å²) in [5.41, 5.74) is 1.20. The number of furan rings is 1. The molecule has 1 aromatic carbocycles. The summed E-state index contributed by atoms with van der Waals surface area (Å²) >= 11 is 1.12. The van der Waals surface area contributed by atoms with E-state index < -0.39 is 24.5 Å². The third-order valence-electron chi connectivity index (χ3n) is 4.20. The first-order valence-corrected chi connectivity index (χ1v) is 10.2. The number of benzene rings is 1. The van der Waals surface area contributed by atoms with E-state index in [1.165, 1.54) is 20.5 Å². The van der Waals surface area contributed by atoms with E-state index in [2.05, 4.69) is 15.6 Å². The van der Waals surface area contributed by atoms with E-state index in [0.717, 1.165) is 16.9 Å². The minimum absolute atomic E-state index is 0.116. The van der Waals surface area contributed by atoms with Gasteiger partial charge in [-0.1, -0.05) is 0 Å². The van der Waals surface area contributed by atoms with E-state index in [1.807, 2.05) is 0 Å². The molecule has 0 bridgehead atoms. The number of carbonyl (C=O) groups is 3. The van der Waals surface area contributed by atoms with E-state index in [9.17, 15) is 14.4 Å². The van der Waals surface area contributed by atoms with Gasteiger partial charge in [0.2, 0.25) is 0 Å². The molecule has 0 aliphatic rings. The largest absolute Gasteiger partial charge is 0.493 e. The Labute approximate surface area is 187 Å². The van der Waals surface area contributed by atoms with Crippen LogP contribution in [0.25, 0.3) is 10.6 Å². The quantitative estimate of drug-likeness (QED) is 0.492. The van der Waals surface area contributed by atoms with Gasteiger partial charge in [0.05, 0.1) is 32.7 Å². The second-order valence-electron chi connectivity index (χ2n) is 6.39. The van der Waals surface area contributed by atoms with Gasteiger partial charge in [-0.05, 0) is 37.3 Å². The summed E-state index contributed by atoms with van der Waals surface area (Å²) in [7, 11) is 3.07. The third-order valence-corrected chi connectivity index (χ3v) is 5.39. The highest BCUT2D eigenvalue weighted by molar-refractivity contribution is 7.17. The molecule has 0 unspecified atom stereocenters. The Kier molecular flexibility index (Phi) is 7.45. The number of rotatable bonds is 8. The van der Waals surface area contributed by atoms with Crippen molar-refractivity contribution < 1.29 is 33.0 Å². The molecule has 3 aromatic rings. The number of urea groups is 1. The average molecular weight is 459 g/mol. The van der Waals surface area contributed by atoms with Crippen LogP contribution in [0.3, 0.4) is 0 Å². The lowest BCUT2D eigenvalue weighted by molar-refractivity contribution is -0.123. The molecule has 168 valence electrons. The minimum atomic E-state index is -0.766. The summed E-state index contributed by atoms with van der Waals surface area (Å²) in [5, 5.41) is 5.10. The van der Waals surface area contributed by atoms with Crippen molar-refractivity contribution in [2.45, 2.75) is 13.5 Å². The number of hydrogen-bond donors (Lipinski definition) is 2. The molecule has 2 aromatic heterocycles. The van der Waals surface area contributed by atoms with Crippen LogP contribution in [0, 0.1) is 6.92 Å². The van der Waals surface area contributed by atoms with Gasteiger partial charge in [0.1, 0.15) is 15.6 Å². The van der Waals surface area contributed by atoms with Crippen LogP contribution in [0.2, 0.25) is 0 Å². The fourth-order valence-electron chi connectivity index (χ4n) is 2.66. The van der Waals surface area contributed by atoms with Gasteiger partial charge in [0.15, 0.2) is 18.1 Å². The number of nitrogens with one attached hydrogen (secondary N) is 2. The number of methoxy groups -OCH3 is 2.